The van der Waals surface area contributed by atoms with Gasteiger partial charge >= 0.3 is 0 Å². The Kier molecular flexibility index (Phi) is 5.52. The van der Waals surface area contributed by atoms with E-state index in [1.807, 2.05) is 0 Å². The fraction of sp³-hybridized carbons (Fsp3) is 0.0476. The zero-order valence-corrected chi connectivity index (χ0v) is 15.2. The van der Waals surface area contributed by atoms with Crippen LogP contribution in [0, 0.1) is 12.7 Å². The Balaban J connectivity index is 1.78. The molecule has 0 bridgehead atoms. The second-order valence-electron chi connectivity index (χ2n) is 5.88. The van der Waals surface area contributed by atoms with Crippen LogP contribution in [-0.2, 0) is 0 Å². The zero-order valence-electron chi connectivity index (χ0n) is 14.4. The molecule has 27 heavy (non-hydrogen) atoms. The van der Waals surface area contributed by atoms with Crippen LogP contribution < -0.4 is 10.6 Å². The van der Waals surface area contributed by atoms with Crippen LogP contribution in [0.5, 0.6) is 0 Å². The van der Waals surface area contributed by atoms with E-state index < -0.39 is 11.7 Å². The first-order valence-corrected chi connectivity index (χ1v) is 8.56. The van der Waals surface area contributed by atoms with Gasteiger partial charge in [-0.1, -0.05) is 35.9 Å². The molecular weight excluding hydrogens is 367 g/mol. The summed E-state index contributed by atoms with van der Waals surface area (Å²) in [7, 11) is 0. The van der Waals surface area contributed by atoms with Crippen molar-refractivity contribution in [2.45, 2.75) is 6.92 Å². The van der Waals surface area contributed by atoms with Gasteiger partial charge in [0.25, 0.3) is 11.8 Å². The summed E-state index contributed by atoms with van der Waals surface area (Å²) in [5, 5.41) is 5.82. The first kappa shape index (κ1) is 18.6. The average Bonchev–Trinajstić information content (AvgIpc) is 2.67. The van der Waals surface area contributed by atoms with Gasteiger partial charge in [0.2, 0.25) is 0 Å². The first-order chi connectivity index (χ1) is 13.0. The summed E-state index contributed by atoms with van der Waals surface area (Å²) >= 11 is 6.07. The SMILES string of the molecule is Cc1c(Cl)cccc1NC(=O)c1cccc(C(=O)Nc2ccccc2F)c1. The van der Waals surface area contributed by atoms with E-state index in [2.05, 4.69) is 10.6 Å². The fourth-order valence-corrected chi connectivity index (χ4v) is 2.67. The molecule has 4 nitrogen and oxygen atoms in total. The van der Waals surface area contributed by atoms with Crippen LogP contribution in [0.4, 0.5) is 15.8 Å². The molecule has 0 aliphatic heterocycles. The van der Waals surface area contributed by atoms with E-state index in [9.17, 15) is 14.0 Å². The van der Waals surface area contributed by atoms with E-state index in [0.29, 0.717) is 16.3 Å². The highest BCUT2D eigenvalue weighted by Gasteiger charge is 2.13. The molecule has 3 aromatic rings. The predicted molar refractivity (Wildman–Crippen MR) is 105 cm³/mol. The van der Waals surface area contributed by atoms with Gasteiger partial charge in [0.1, 0.15) is 5.82 Å². The van der Waals surface area contributed by atoms with E-state index in [1.54, 1.807) is 49.4 Å². The van der Waals surface area contributed by atoms with Crippen molar-refractivity contribution < 1.29 is 14.0 Å². The second kappa shape index (κ2) is 8.01. The molecule has 2 amide bonds. The quantitative estimate of drug-likeness (QED) is 0.644. The van der Waals surface area contributed by atoms with Crippen LogP contribution in [0.1, 0.15) is 26.3 Å². The molecule has 0 heterocycles. The number of hydrogen-bond acceptors (Lipinski definition) is 2. The minimum absolute atomic E-state index is 0.0758. The molecule has 2 N–H and O–H groups in total. The van der Waals surface area contributed by atoms with Gasteiger partial charge in [-0.15, -0.1) is 0 Å². The van der Waals surface area contributed by atoms with Gasteiger partial charge in [-0.25, -0.2) is 4.39 Å². The lowest BCUT2D eigenvalue weighted by Crippen LogP contribution is -2.16. The number of halogens is 2. The summed E-state index contributed by atoms with van der Waals surface area (Å²) in [6, 6.07) is 17.3. The monoisotopic (exact) mass is 382 g/mol. The van der Waals surface area contributed by atoms with E-state index in [4.69, 9.17) is 11.6 Å². The summed E-state index contributed by atoms with van der Waals surface area (Å²) in [5.74, 6) is -1.41. The molecular formula is C21H16ClFN2O2. The molecule has 0 aliphatic carbocycles. The number of rotatable bonds is 4. The Morgan fingerprint density at radius 3 is 2.04 bits per heavy atom. The van der Waals surface area contributed by atoms with Crippen LogP contribution in [-0.4, -0.2) is 11.8 Å². The lowest BCUT2D eigenvalue weighted by atomic mass is 10.1. The summed E-state index contributed by atoms with van der Waals surface area (Å²) in [6.07, 6.45) is 0. The molecule has 0 radical (unpaired) electrons. The van der Waals surface area contributed by atoms with Crippen LogP contribution in [0.25, 0.3) is 0 Å². The molecule has 3 rings (SSSR count). The third-order valence-corrected chi connectivity index (χ3v) is 4.43. The van der Waals surface area contributed by atoms with Crippen LogP contribution in [0.15, 0.2) is 66.7 Å². The van der Waals surface area contributed by atoms with Crippen molar-refractivity contribution >= 4 is 34.8 Å². The Morgan fingerprint density at radius 1 is 0.815 bits per heavy atom. The van der Waals surface area contributed by atoms with Gasteiger partial charge in [-0.3, -0.25) is 9.59 Å². The number of carbonyl (C=O) groups is 2. The van der Waals surface area contributed by atoms with E-state index in [0.717, 1.165) is 5.56 Å². The standard InChI is InChI=1S/C21H16ClFN2O2/c1-13-16(22)8-5-11-18(13)24-20(26)14-6-4-7-15(12-14)21(27)25-19-10-3-2-9-17(19)23/h2-12H,1H3,(H,24,26)(H,25,27). The summed E-state index contributed by atoms with van der Waals surface area (Å²) in [6.45, 7) is 1.80. The Labute approximate surface area is 161 Å². The van der Waals surface area contributed by atoms with Crippen molar-refractivity contribution in [2.24, 2.45) is 0 Å². The minimum atomic E-state index is -0.531. The van der Waals surface area contributed by atoms with Gasteiger partial charge in [-0.05, 0) is 55.0 Å². The van der Waals surface area contributed by atoms with Crippen molar-refractivity contribution in [3.8, 4) is 0 Å². The molecule has 0 spiro atoms. The van der Waals surface area contributed by atoms with Gasteiger partial charge in [-0.2, -0.15) is 0 Å². The second-order valence-corrected chi connectivity index (χ2v) is 6.29. The Morgan fingerprint density at radius 2 is 1.37 bits per heavy atom. The molecule has 6 heteroatoms. The van der Waals surface area contributed by atoms with Crippen LogP contribution in [0.2, 0.25) is 5.02 Å². The highest BCUT2D eigenvalue weighted by Crippen LogP contribution is 2.23. The molecule has 0 aliphatic rings. The normalized spacial score (nSPS) is 10.3. The number of amides is 2. The van der Waals surface area contributed by atoms with E-state index >= 15 is 0 Å². The van der Waals surface area contributed by atoms with Crippen molar-refractivity contribution in [2.75, 3.05) is 10.6 Å². The summed E-state index contributed by atoms with van der Waals surface area (Å²) in [4.78, 5) is 24.9. The third-order valence-electron chi connectivity index (χ3n) is 4.02. The lowest BCUT2D eigenvalue weighted by Gasteiger charge is -2.11. The molecule has 3 aromatic carbocycles. The lowest BCUT2D eigenvalue weighted by molar-refractivity contribution is 0.102. The van der Waals surface area contributed by atoms with Crippen LogP contribution >= 0.6 is 11.6 Å². The van der Waals surface area contributed by atoms with Crippen molar-refractivity contribution in [3.05, 3.63) is 94.3 Å². The Hall–Kier alpha value is -3.18. The third kappa shape index (κ3) is 4.33. The predicted octanol–water partition coefficient (Wildman–Crippen LogP) is 5.29. The summed E-state index contributed by atoms with van der Waals surface area (Å²) < 4.78 is 13.7. The highest BCUT2D eigenvalue weighted by atomic mass is 35.5. The number of hydrogen-bond donors (Lipinski definition) is 2. The smallest absolute Gasteiger partial charge is 0.255 e. The van der Waals surface area contributed by atoms with Crippen molar-refractivity contribution in [3.63, 3.8) is 0 Å². The summed E-state index contributed by atoms with van der Waals surface area (Å²) in [5.41, 5.74) is 1.96. The fourth-order valence-electron chi connectivity index (χ4n) is 2.50. The Bertz CT molecular complexity index is 1020. The molecule has 0 aromatic heterocycles. The topological polar surface area (TPSA) is 58.2 Å². The average molecular weight is 383 g/mol. The molecule has 136 valence electrons. The number of para-hydroxylation sites is 1. The van der Waals surface area contributed by atoms with Gasteiger partial charge < -0.3 is 10.6 Å². The maximum Gasteiger partial charge on any atom is 0.255 e. The van der Waals surface area contributed by atoms with Gasteiger partial charge in [0.05, 0.1) is 5.69 Å². The number of carbonyl (C=O) groups excluding carboxylic acids is 2. The van der Waals surface area contributed by atoms with Gasteiger partial charge in [0, 0.05) is 21.8 Å². The number of nitrogens with one attached hydrogen (secondary N) is 2. The maximum atomic E-state index is 13.7. The maximum absolute atomic E-state index is 13.7. The molecule has 0 saturated carbocycles. The van der Waals surface area contributed by atoms with Crippen molar-refractivity contribution in [1.29, 1.82) is 0 Å². The molecule has 0 unspecified atom stereocenters. The number of anilines is 2. The molecule has 0 fully saturated rings. The van der Waals surface area contributed by atoms with E-state index in [1.165, 1.54) is 24.3 Å². The molecule has 0 saturated heterocycles. The first-order valence-electron chi connectivity index (χ1n) is 8.18. The van der Waals surface area contributed by atoms with E-state index in [-0.39, 0.29) is 17.2 Å². The van der Waals surface area contributed by atoms with Crippen molar-refractivity contribution in [1.82, 2.24) is 0 Å². The van der Waals surface area contributed by atoms with Gasteiger partial charge in [0.15, 0.2) is 0 Å². The highest BCUT2D eigenvalue weighted by molar-refractivity contribution is 6.31. The number of benzene rings is 3. The zero-order chi connectivity index (χ0) is 19.4. The van der Waals surface area contributed by atoms with Crippen LogP contribution in [0.3, 0.4) is 0 Å². The minimum Gasteiger partial charge on any atom is -0.322 e. The molecule has 0 atom stereocenters. The largest absolute Gasteiger partial charge is 0.322 e.